The Kier molecular flexibility index (Phi) is 30.4. The summed E-state index contributed by atoms with van der Waals surface area (Å²) in [6, 6.07) is -0.972. The van der Waals surface area contributed by atoms with E-state index in [4.69, 9.17) is 9.47 Å². The van der Waals surface area contributed by atoms with Crippen LogP contribution in [0, 0.1) is 0 Å². The van der Waals surface area contributed by atoms with Crippen LogP contribution >= 0.6 is 0 Å². The molecule has 0 radical (unpaired) electrons. The molecular weight excluding hydrogens is 650 g/mol. The third-order valence-electron chi connectivity index (χ3n) is 10.2. The fourth-order valence-electron chi connectivity index (χ4n) is 6.69. The monoisotopic (exact) mass is 730 g/mol. The van der Waals surface area contributed by atoms with Crippen LogP contribution in [-0.4, -0.2) is 98.7 Å². The minimum atomic E-state index is -1.60. The van der Waals surface area contributed by atoms with E-state index in [2.05, 4.69) is 19.2 Å². The summed E-state index contributed by atoms with van der Waals surface area (Å²) in [6.07, 6.45) is 24.4. The van der Waals surface area contributed by atoms with Gasteiger partial charge in [0.15, 0.2) is 6.29 Å². The second-order valence-electron chi connectivity index (χ2n) is 14.9. The summed E-state index contributed by atoms with van der Waals surface area (Å²) in [7, 11) is 0. The third-order valence-corrected chi connectivity index (χ3v) is 10.2. The van der Waals surface area contributed by atoms with Crippen molar-refractivity contribution in [3.05, 3.63) is 12.2 Å². The molecular formula is C41H79NO9. The first-order valence-electron chi connectivity index (χ1n) is 21.0. The lowest BCUT2D eigenvalue weighted by atomic mass is 9.99. The average molecular weight is 730 g/mol. The van der Waals surface area contributed by atoms with Crippen molar-refractivity contribution in [3.8, 4) is 0 Å². The van der Waals surface area contributed by atoms with Gasteiger partial charge in [-0.2, -0.15) is 0 Å². The third kappa shape index (κ3) is 23.3. The molecule has 1 rings (SSSR count). The van der Waals surface area contributed by atoms with Crippen molar-refractivity contribution in [1.82, 2.24) is 5.32 Å². The van der Waals surface area contributed by atoms with Gasteiger partial charge in [0, 0.05) is 0 Å². The summed E-state index contributed by atoms with van der Waals surface area (Å²) in [6.45, 7) is 3.58. The second-order valence-corrected chi connectivity index (χ2v) is 14.9. The number of amides is 1. The van der Waals surface area contributed by atoms with E-state index in [0.717, 1.165) is 44.9 Å². The van der Waals surface area contributed by atoms with Gasteiger partial charge in [-0.05, 0) is 19.3 Å². The van der Waals surface area contributed by atoms with Gasteiger partial charge in [0.05, 0.1) is 25.4 Å². The summed E-state index contributed by atoms with van der Waals surface area (Å²) in [5, 5.41) is 64.4. The first-order valence-corrected chi connectivity index (χ1v) is 21.0. The van der Waals surface area contributed by atoms with E-state index in [-0.39, 0.29) is 6.61 Å². The first-order chi connectivity index (χ1) is 24.8. The highest BCUT2D eigenvalue weighted by Crippen LogP contribution is 2.22. The molecule has 0 aromatic heterocycles. The normalized spacial score (nSPS) is 22.7. The predicted octanol–water partition coefficient (Wildman–Crippen LogP) is 6.75. The second kappa shape index (κ2) is 32.3. The lowest BCUT2D eigenvalue weighted by Crippen LogP contribution is -2.60. The first kappa shape index (κ1) is 47.9. The summed E-state index contributed by atoms with van der Waals surface area (Å²) in [5.41, 5.74) is 0. The highest BCUT2D eigenvalue weighted by atomic mass is 16.7. The summed E-state index contributed by atoms with van der Waals surface area (Å²) >= 11 is 0. The highest BCUT2D eigenvalue weighted by molar-refractivity contribution is 5.80. The highest BCUT2D eigenvalue weighted by Gasteiger charge is 2.44. The smallest absolute Gasteiger partial charge is 0.249 e. The molecule has 1 amide bonds. The van der Waals surface area contributed by atoms with E-state index < -0.39 is 61.5 Å². The van der Waals surface area contributed by atoms with Crippen LogP contribution in [0.2, 0.25) is 0 Å². The Labute approximate surface area is 310 Å². The zero-order valence-electron chi connectivity index (χ0n) is 32.5. The number of hydrogen-bond donors (Lipinski definition) is 7. The molecule has 0 bridgehead atoms. The average Bonchev–Trinajstić information content (AvgIpc) is 3.13. The number of rotatable bonds is 34. The number of aliphatic hydroxyl groups excluding tert-OH is 6. The number of carbonyl (C=O) groups is 1. The maximum absolute atomic E-state index is 13.0. The Morgan fingerprint density at radius 2 is 1.12 bits per heavy atom. The molecule has 1 aliphatic heterocycles. The Morgan fingerprint density at radius 1 is 0.667 bits per heavy atom. The Morgan fingerprint density at radius 3 is 1.59 bits per heavy atom. The van der Waals surface area contributed by atoms with E-state index >= 15 is 0 Å². The molecule has 10 heteroatoms. The Hall–Kier alpha value is -1.11. The van der Waals surface area contributed by atoms with Crippen LogP contribution < -0.4 is 5.32 Å². The van der Waals surface area contributed by atoms with Crippen LogP contribution in [0.3, 0.4) is 0 Å². The van der Waals surface area contributed by atoms with Gasteiger partial charge in [0.1, 0.15) is 30.5 Å². The van der Waals surface area contributed by atoms with Gasteiger partial charge >= 0.3 is 0 Å². The largest absolute Gasteiger partial charge is 0.394 e. The predicted molar refractivity (Wildman–Crippen MR) is 204 cm³/mol. The minimum Gasteiger partial charge on any atom is -0.394 e. The molecule has 0 unspecified atom stereocenters. The molecule has 0 aliphatic carbocycles. The maximum atomic E-state index is 13.0. The zero-order chi connectivity index (χ0) is 37.5. The SMILES string of the molecule is CCCCCCCCCCCC/C=C/[C@@H](O)[C@H](CO[C@@H]1O[C@H](CO)[C@@H](O)[C@H](O)[C@H]1O)NC(=O)[C@H](O)CCCCCCCCCCCCCCCC. The molecule has 0 spiro atoms. The van der Waals surface area contributed by atoms with Crippen molar-refractivity contribution in [2.75, 3.05) is 13.2 Å². The minimum absolute atomic E-state index is 0.302. The van der Waals surface area contributed by atoms with Crippen LogP contribution in [0.1, 0.15) is 181 Å². The fraction of sp³-hybridized carbons (Fsp3) is 0.927. The molecule has 10 nitrogen and oxygen atoms in total. The summed E-state index contributed by atoms with van der Waals surface area (Å²) in [5.74, 6) is -0.616. The van der Waals surface area contributed by atoms with Gasteiger partial charge < -0.3 is 45.4 Å². The standard InChI is InChI=1S/C41H79NO9/c1-3-5-7-9-11-13-15-17-18-20-22-24-26-28-30-35(45)40(49)42-33(32-50-41-39(48)38(47)37(46)36(31-43)51-41)34(44)29-27-25-23-21-19-16-14-12-10-8-6-4-2/h27,29,33-39,41,43-48H,3-26,28,30-32H2,1-2H3,(H,42,49)/b29-27+/t33-,34+,35+,36+,37+,38-,39+,41+/m0/s1. The van der Waals surface area contributed by atoms with Gasteiger partial charge in [0.25, 0.3) is 0 Å². The number of nitrogens with one attached hydrogen (secondary N) is 1. The van der Waals surface area contributed by atoms with Gasteiger partial charge in [-0.25, -0.2) is 0 Å². The summed E-state index contributed by atoms with van der Waals surface area (Å²) in [4.78, 5) is 13.0. The number of unbranched alkanes of at least 4 members (excludes halogenated alkanes) is 23. The number of carbonyl (C=O) groups excluding carboxylic acids is 1. The van der Waals surface area contributed by atoms with Crippen LogP contribution in [0.5, 0.6) is 0 Å². The number of hydrogen-bond acceptors (Lipinski definition) is 9. The number of allylic oxidation sites excluding steroid dienone is 1. The number of aliphatic hydroxyl groups is 6. The summed E-state index contributed by atoms with van der Waals surface area (Å²) < 4.78 is 11.1. The van der Waals surface area contributed by atoms with Crippen LogP contribution in [0.15, 0.2) is 12.2 Å². The maximum Gasteiger partial charge on any atom is 0.249 e. The van der Waals surface area contributed by atoms with E-state index in [0.29, 0.717) is 6.42 Å². The van der Waals surface area contributed by atoms with Gasteiger partial charge in [-0.3, -0.25) is 4.79 Å². The van der Waals surface area contributed by atoms with Crippen LogP contribution in [-0.2, 0) is 14.3 Å². The van der Waals surface area contributed by atoms with E-state index in [1.165, 1.54) is 116 Å². The molecule has 1 aliphatic rings. The van der Waals surface area contributed by atoms with Crippen LogP contribution in [0.25, 0.3) is 0 Å². The molecule has 8 atom stereocenters. The van der Waals surface area contributed by atoms with Crippen molar-refractivity contribution >= 4 is 5.91 Å². The van der Waals surface area contributed by atoms with E-state index in [1.54, 1.807) is 6.08 Å². The molecule has 0 aromatic carbocycles. The molecule has 7 N–H and O–H groups in total. The topological polar surface area (TPSA) is 169 Å². The fourth-order valence-corrected chi connectivity index (χ4v) is 6.69. The van der Waals surface area contributed by atoms with Gasteiger partial charge in [-0.1, -0.05) is 174 Å². The molecule has 1 fully saturated rings. The van der Waals surface area contributed by atoms with Crippen molar-refractivity contribution in [2.45, 2.75) is 230 Å². The number of ether oxygens (including phenoxy) is 2. The Balaban J connectivity index is 2.47. The van der Waals surface area contributed by atoms with Crippen molar-refractivity contribution in [3.63, 3.8) is 0 Å². The molecule has 0 saturated carbocycles. The zero-order valence-corrected chi connectivity index (χ0v) is 32.5. The lowest BCUT2D eigenvalue weighted by Gasteiger charge is -2.40. The van der Waals surface area contributed by atoms with Crippen molar-refractivity contribution < 1.29 is 44.9 Å². The van der Waals surface area contributed by atoms with Gasteiger partial charge in [0.2, 0.25) is 5.91 Å². The Bertz CT molecular complexity index is 829. The van der Waals surface area contributed by atoms with E-state index in [9.17, 15) is 35.4 Å². The quantitative estimate of drug-likeness (QED) is 0.0280. The molecule has 302 valence electrons. The van der Waals surface area contributed by atoms with Crippen molar-refractivity contribution in [1.29, 1.82) is 0 Å². The van der Waals surface area contributed by atoms with Gasteiger partial charge in [-0.15, -0.1) is 0 Å². The van der Waals surface area contributed by atoms with Crippen LogP contribution in [0.4, 0.5) is 0 Å². The molecule has 51 heavy (non-hydrogen) atoms. The molecule has 0 aromatic rings. The van der Waals surface area contributed by atoms with E-state index in [1.807, 2.05) is 6.08 Å². The molecule has 1 heterocycles. The molecule has 1 saturated heterocycles. The lowest BCUT2D eigenvalue weighted by molar-refractivity contribution is -0.302. The van der Waals surface area contributed by atoms with Crippen molar-refractivity contribution in [2.24, 2.45) is 0 Å².